The molecule has 0 spiro atoms. The molecule has 2 rings (SSSR count). The Bertz CT molecular complexity index is 448. The maximum Gasteiger partial charge on any atom is 0.391 e. The summed E-state index contributed by atoms with van der Waals surface area (Å²) >= 11 is 0. The lowest BCUT2D eigenvalue weighted by Crippen LogP contribution is -2.28. The minimum absolute atomic E-state index is 0.00352. The van der Waals surface area contributed by atoms with Crippen LogP contribution in [0.5, 0.6) is 0 Å². The molecular weight excluding hydrogens is 271 g/mol. The average molecular weight is 291 g/mol. The minimum atomic E-state index is -4.09. The van der Waals surface area contributed by atoms with Crippen LogP contribution in [0.1, 0.15) is 63.1 Å². The number of aliphatic hydroxyl groups is 1. The third-order valence-corrected chi connectivity index (χ3v) is 4.01. The number of aromatic nitrogens is 3. The Morgan fingerprint density at radius 1 is 1.20 bits per heavy atom. The van der Waals surface area contributed by atoms with Crippen LogP contribution in [0.4, 0.5) is 13.2 Å². The van der Waals surface area contributed by atoms with E-state index in [1.807, 2.05) is 18.4 Å². The van der Waals surface area contributed by atoms with E-state index in [0.717, 1.165) is 0 Å². The quantitative estimate of drug-likeness (QED) is 0.930. The second kappa shape index (κ2) is 5.71. The van der Waals surface area contributed by atoms with Gasteiger partial charge in [0.1, 0.15) is 12.4 Å². The molecule has 0 aromatic carbocycles. The number of aliphatic hydroxyl groups excluding tert-OH is 1. The monoisotopic (exact) mass is 291 g/mol. The fourth-order valence-electron chi connectivity index (χ4n) is 2.97. The number of hydrogen-bond acceptors (Lipinski definition) is 3. The lowest BCUT2D eigenvalue weighted by molar-refractivity contribution is -0.182. The molecule has 0 aliphatic heterocycles. The molecule has 7 heteroatoms. The number of nitrogens with zero attached hydrogens (tertiary/aromatic N) is 3. The van der Waals surface area contributed by atoms with Crippen LogP contribution < -0.4 is 0 Å². The first-order valence-corrected chi connectivity index (χ1v) is 6.95. The molecule has 1 aliphatic rings. The van der Waals surface area contributed by atoms with Crippen molar-refractivity contribution in [2.75, 3.05) is 0 Å². The average Bonchev–Trinajstić information content (AvgIpc) is 2.81. The first-order valence-electron chi connectivity index (χ1n) is 6.95. The zero-order chi connectivity index (χ0) is 14.9. The number of rotatable bonds is 3. The lowest BCUT2D eigenvalue weighted by atomic mass is 9.81. The standard InChI is InChI=1S/C13H20F3N3O/c1-8(2)19-11(7-20)17-18-12(19)9-3-5-10(6-4-9)13(14,15)16/h8-10,20H,3-7H2,1-2H3. The molecule has 1 aromatic heterocycles. The Morgan fingerprint density at radius 3 is 2.25 bits per heavy atom. The van der Waals surface area contributed by atoms with Crippen LogP contribution in [0, 0.1) is 5.92 Å². The van der Waals surface area contributed by atoms with Crippen molar-refractivity contribution < 1.29 is 18.3 Å². The molecule has 0 amide bonds. The highest BCUT2D eigenvalue weighted by Crippen LogP contribution is 2.42. The Balaban J connectivity index is 2.13. The van der Waals surface area contributed by atoms with E-state index in [2.05, 4.69) is 10.2 Å². The van der Waals surface area contributed by atoms with Gasteiger partial charge in [-0.25, -0.2) is 0 Å². The summed E-state index contributed by atoms with van der Waals surface area (Å²) in [5, 5.41) is 17.3. The van der Waals surface area contributed by atoms with E-state index in [4.69, 9.17) is 0 Å². The molecule has 0 atom stereocenters. The van der Waals surface area contributed by atoms with E-state index in [-0.39, 0.29) is 31.4 Å². The van der Waals surface area contributed by atoms with E-state index in [9.17, 15) is 18.3 Å². The predicted molar refractivity (Wildman–Crippen MR) is 67.1 cm³/mol. The van der Waals surface area contributed by atoms with Gasteiger partial charge >= 0.3 is 6.18 Å². The first-order chi connectivity index (χ1) is 9.34. The van der Waals surface area contributed by atoms with Crippen molar-refractivity contribution in [3.63, 3.8) is 0 Å². The topological polar surface area (TPSA) is 50.9 Å². The molecule has 0 radical (unpaired) electrons. The molecule has 1 aliphatic carbocycles. The second-order valence-corrected chi connectivity index (χ2v) is 5.69. The van der Waals surface area contributed by atoms with Gasteiger partial charge in [0.2, 0.25) is 0 Å². The number of alkyl halides is 3. The van der Waals surface area contributed by atoms with Gasteiger partial charge in [-0.15, -0.1) is 10.2 Å². The molecular formula is C13H20F3N3O. The van der Waals surface area contributed by atoms with Gasteiger partial charge in [-0.3, -0.25) is 0 Å². The Labute approximate surface area is 116 Å². The summed E-state index contributed by atoms with van der Waals surface area (Å²) in [5.74, 6) is 0.00732. The van der Waals surface area contributed by atoms with Gasteiger partial charge in [0.05, 0.1) is 5.92 Å². The fourth-order valence-corrected chi connectivity index (χ4v) is 2.97. The van der Waals surface area contributed by atoms with Crippen LogP contribution in [0.3, 0.4) is 0 Å². The van der Waals surface area contributed by atoms with Crippen LogP contribution in [-0.4, -0.2) is 26.0 Å². The Hall–Kier alpha value is -1.11. The van der Waals surface area contributed by atoms with Gasteiger partial charge in [-0.2, -0.15) is 13.2 Å². The smallest absolute Gasteiger partial charge is 0.388 e. The van der Waals surface area contributed by atoms with E-state index < -0.39 is 12.1 Å². The molecule has 1 aromatic rings. The van der Waals surface area contributed by atoms with E-state index >= 15 is 0 Å². The molecule has 1 N–H and O–H groups in total. The molecule has 1 heterocycles. The van der Waals surface area contributed by atoms with Gasteiger partial charge < -0.3 is 9.67 Å². The highest BCUT2D eigenvalue weighted by molar-refractivity contribution is 5.05. The highest BCUT2D eigenvalue weighted by atomic mass is 19.4. The summed E-state index contributed by atoms with van der Waals surface area (Å²) in [5.41, 5.74) is 0. The summed E-state index contributed by atoms with van der Waals surface area (Å²) in [6.45, 7) is 3.70. The minimum Gasteiger partial charge on any atom is -0.388 e. The van der Waals surface area contributed by atoms with Crippen LogP contribution in [-0.2, 0) is 6.61 Å². The van der Waals surface area contributed by atoms with Crippen molar-refractivity contribution >= 4 is 0 Å². The van der Waals surface area contributed by atoms with Crippen LogP contribution in [0.15, 0.2) is 0 Å². The molecule has 0 saturated heterocycles. The van der Waals surface area contributed by atoms with Crippen LogP contribution in [0.25, 0.3) is 0 Å². The first kappa shape index (κ1) is 15.3. The zero-order valence-electron chi connectivity index (χ0n) is 11.7. The third kappa shape index (κ3) is 2.97. The number of hydrogen-bond donors (Lipinski definition) is 1. The van der Waals surface area contributed by atoms with E-state index in [1.165, 1.54) is 0 Å². The normalized spacial score (nSPS) is 24.4. The second-order valence-electron chi connectivity index (χ2n) is 5.69. The SMILES string of the molecule is CC(C)n1c(CO)nnc1C1CCC(C(F)(F)F)CC1. The Kier molecular flexibility index (Phi) is 4.36. The van der Waals surface area contributed by atoms with Crippen molar-refractivity contribution in [3.8, 4) is 0 Å². The summed E-state index contributed by atoms with van der Waals surface area (Å²) in [6.07, 6.45) is -2.85. The maximum atomic E-state index is 12.7. The van der Waals surface area contributed by atoms with Crippen LogP contribution >= 0.6 is 0 Å². The summed E-state index contributed by atoms with van der Waals surface area (Å²) in [7, 11) is 0. The predicted octanol–water partition coefficient (Wildman–Crippen LogP) is 3.19. The maximum absolute atomic E-state index is 12.7. The lowest BCUT2D eigenvalue weighted by Gasteiger charge is -2.30. The molecule has 0 unspecified atom stereocenters. The summed E-state index contributed by atoms with van der Waals surface area (Å²) < 4.78 is 39.9. The van der Waals surface area contributed by atoms with Crippen LogP contribution in [0.2, 0.25) is 0 Å². The van der Waals surface area contributed by atoms with Crippen molar-refractivity contribution in [1.82, 2.24) is 14.8 Å². The van der Waals surface area contributed by atoms with Gasteiger partial charge in [-0.1, -0.05) is 0 Å². The van der Waals surface area contributed by atoms with Crippen molar-refractivity contribution in [2.24, 2.45) is 5.92 Å². The van der Waals surface area contributed by atoms with Crippen molar-refractivity contribution in [2.45, 2.75) is 64.3 Å². The third-order valence-electron chi connectivity index (χ3n) is 4.01. The van der Waals surface area contributed by atoms with Crippen molar-refractivity contribution in [1.29, 1.82) is 0 Å². The van der Waals surface area contributed by atoms with Gasteiger partial charge in [0.15, 0.2) is 5.82 Å². The summed E-state index contributed by atoms with van der Waals surface area (Å²) in [6, 6.07) is 0.0856. The Morgan fingerprint density at radius 2 is 1.80 bits per heavy atom. The van der Waals surface area contributed by atoms with E-state index in [0.29, 0.717) is 24.5 Å². The van der Waals surface area contributed by atoms with Gasteiger partial charge in [0, 0.05) is 12.0 Å². The van der Waals surface area contributed by atoms with Gasteiger partial charge in [0.25, 0.3) is 0 Å². The zero-order valence-corrected chi connectivity index (χ0v) is 11.7. The highest BCUT2D eigenvalue weighted by Gasteiger charge is 2.42. The summed E-state index contributed by atoms with van der Waals surface area (Å²) in [4.78, 5) is 0. The van der Waals surface area contributed by atoms with Gasteiger partial charge in [-0.05, 0) is 39.5 Å². The fraction of sp³-hybridized carbons (Fsp3) is 0.846. The van der Waals surface area contributed by atoms with E-state index in [1.54, 1.807) is 0 Å². The molecule has 20 heavy (non-hydrogen) atoms. The molecule has 1 fully saturated rings. The number of halogens is 3. The largest absolute Gasteiger partial charge is 0.391 e. The molecule has 0 bridgehead atoms. The molecule has 1 saturated carbocycles. The molecule has 114 valence electrons. The van der Waals surface area contributed by atoms with Crippen molar-refractivity contribution in [3.05, 3.63) is 11.6 Å². The molecule has 4 nitrogen and oxygen atoms in total.